The Kier molecular flexibility index (Phi) is 7.13. The molecule has 1 aliphatic heterocycles. The van der Waals surface area contributed by atoms with Gasteiger partial charge in [-0.3, -0.25) is 5.32 Å². The van der Waals surface area contributed by atoms with Crippen LogP contribution in [-0.2, 0) is 26.2 Å². The van der Waals surface area contributed by atoms with Crippen LogP contribution in [0.25, 0.3) is 0 Å². The average Bonchev–Trinajstić information content (AvgIpc) is 3.37. The quantitative estimate of drug-likeness (QED) is 0.511. The van der Waals surface area contributed by atoms with Crippen molar-refractivity contribution < 1.29 is 37.4 Å². The summed E-state index contributed by atoms with van der Waals surface area (Å²) in [5.41, 5.74) is 0.665. The molecule has 0 aliphatic carbocycles. The molecule has 1 atom stereocenters. The van der Waals surface area contributed by atoms with E-state index in [0.29, 0.717) is 9.21 Å². The number of aromatic nitrogens is 1. The number of carboxylic acid groups (broad SMARTS) is 1. The number of hydrogen-bond donors (Lipinski definition) is 3. The van der Waals surface area contributed by atoms with Crippen LogP contribution in [-0.4, -0.2) is 71.2 Å². The number of imide groups is 1. The Morgan fingerprint density at radius 1 is 1.24 bits per heavy atom. The third-order valence-electron chi connectivity index (χ3n) is 4.37. The normalized spacial score (nSPS) is 14.6. The van der Waals surface area contributed by atoms with E-state index >= 15 is 0 Å². The van der Waals surface area contributed by atoms with Gasteiger partial charge in [-0.2, -0.15) is 0 Å². The molecule has 15 heteroatoms. The van der Waals surface area contributed by atoms with Gasteiger partial charge in [0.1, 0.15) is 6.61 Å². The minimum atomic E-state index is -3.86. The highest BCUT2D eigenvalue weighted by atomic mass is 32.2. The summed E-state index contributed by atoms with van der Waals surface area (Å²) in [7, 11) is -3.86. The summed E-state index contributed by atoms with van der Waals surface area (Å²) in [5.74, 6) is -1.47. The Balaban J connectivity index is 1.61. The molecule has 1 fully saturated rings. The number of rotatable bonds is 7. The first kappa shape index (κ1) is 23.9. The molecule has 1 saturated heterocycles. The van der Waals surface area contributed by atoms with Crippen LogP contribution in [0.4, 0.5) is 19.5 Å². The maximum Gasteiger partial charge on any atom is 0.413 e. The second kappa shape index (κ2) is 9.83. The van der Waals surface area contributed by atoms with Crippen molar-refractivity contribution in [1.29, 1.82) is 0 Å². The molecule has 5 amide bonds. The molecule has 3 rings (SSSR count). The predicted octanol–water partition coefficient (Wildman–Crippen LogP) is 1.42. The van der Waals surface area contributed by atoms with Gasteiger partial charge in [0.2, 0.25) is 10.0 Å². The summed E-state index contributed by atoms with van der Waals surface area (Å²) in [6, 6.07) is 5.12. The molecule has 0 spiro atoms. The SMILES string of the molecule is CS(=O)(=O)N1CCN(C(=O)NC(C(=O)O)c2csc(NC(=O)OCc3ccccc3)n2)C1=O. The first-order chi connectivity index (χ1) is 15.6. The fourth-order valence-corrected chi connectivity index (χ4v) is 4.32. The summed E-state index contributed by atoms with van der Waals surface area (Å²) in [4.78, 5) is 52.8. The van der Waals surface area contributed by atoms with Crippen LogP contribution in [0.1, 0.15) is 17.3 Å². The molecule has 2 heterocycles. The summed E-state index contributed by atoms with van der Waals surface area (Å²) in [6.07, 6.45) is 0.0142. The number of carbonyl (C=O) groups is 4. The summed E-state index contributed by atoms with van der Waals surface area (Å²) < 4.78 is 28.7. The van der Waals surface area contributed by atoms with E-state index in [0.717, 1.165) is 23.2 Å². The number of benzene rings is 1. The van der Waals surface area contributed by atoms with Gasteiger partial charge in [0, 0.05) is 5.38 Å². The van der Waals surface area contributed by atoms with Gasteiger partial charge in [-0.25, -0.2) is 41.8 Å². The molecular weight excluding hydrogens is 478 g/mol. The van der Waals surface area contributed by atoms with Gasteiger partial charge in [-0.1, -0.05) is 30.3 Å². The van der Waals surface area contributed by atoms with Crippen LogP contribution in [0.3, 0.4) is 0 Å². The van der Waals surface area contributed by atoms with Crippen molar-refractivity contribution in [1.82, 2.24) is 19.5 Å². The smallest absolute Gasteiger partial charge is 0.413 e. The van der Waals surface area contributed by atoms with Gasteiger partial charge in [0.15, 0.2) is 11.2 Å². The number of thiazole rings is 1. The summed E-state index contributed by atoms with van der Waals surface area (Å²) >= 11 is 0.903. The lowest BCUT2D eigenvalue weighted by atomic mass is 10.2. The number of nitrogens with one attached hydrogen (secondary N) is 2. The second-order valence-corrected chi connectivity index (χ2v) is 9.52. The van der Waals surface area contributed by atoms with Crippen LogP contribution < -0.4 is 10.6 Å². The van der Waals surface area contributed by atoms with Crippen molar-refractivity contribution in [2.24, 2.45) is 0 Å². The van der Waals surface area contributed by atoms with E-state index in [1.165, 1.54) is 5.38 Å². The minimum Gasteiger partial charge on any atom is -0.479 e. The summed E-state index contributed by atoms with van der Waals surface area (Å²) in [6.45, 7) is -0.451. The summed E-state index contributed by atoms with van der Waals surface area (Å²) in [5, 5.41) is 15.3. The number of sulfonamides is 1. The number of hydrogen-bond acceptors (Lipinski definition) is 9. The maximum atomic E-state index is 12.4. The maximum absolute atomic E-state index is 12.4. The zero-order valence-corrected chi connectivity index (χ0v) is 18.8. The van der Waals surface area contributed by atoms with Crippen LogP contribution in [0.2, 0.25) is 0 Å². The highest BCUT2D eigenvalue weighted by molar-refractivity contribution is 7.88. The number of amides is 5. The zero-order valence-electron chi connectivity index (χ0n) is 17.1. The molecule has 0 saturated carbocycles. The van der Waals surface area contributed by atoms with E-state index in [-0.39, 0.29) is 30.5 Å². The highest BCUT2D eigenvalue weighted by Crippen LogP contribution is 2.22. The Morgan fingerprint density at radius 3 is 2.55 bits per heavy atom. The number of urea groups is 2. The molecule has 176 valence electrons. The molecule has 2 aromatic rings. The first-order valence-electron chi connectivity index (χ1n) is 9.32. The number of ether oxygens (including phenoxy) is 1. The standard InChI is InChI=1S/C18H19N5O8S2/c1-33(29,30)23-8-7-22(18(23)28)16(26)20-13(14(24)25)12-10-32-15(19-12)21-17(27)31-9-11-5-3-2-4-6-11/h2-6,10,13H,7-9H2,1H3,(H,20,26)(H,24,25)(H,19,21,27). The molecule has 3 N–H and O–H groups in total. The van der Waals surface area contributed by atoms with Gasteiger partial charge >= 0.3 is 24.1 Å². The van der Waals surface area contributed by atoms with E-state index in [9.17, 15) is 32.7 Å². The highest BCUT2D eigenvalue weighted by Gasteiger charge is 2.39. The van der Waals surface area contributed by atoms with Gasteiger partial charge in [-0.05, 0) is 5.56 Å². The van der Waals surface area contributed by atoms with Crippen LogP contribution in [0.5, 0.6) is 0 Å². The Labute approximate surface area is 192 Å². The topological polar surface area (TPSA) is 175 Å². The molecule has 0 bridgehead atoms. The van der Waals surface area contributed by atoms with E-state index in [1.807, 2.05) is 6.07 Å². The minimum absolute atomic E-state index is 0.0209. The van der Waals surface area contributed by atoms with E-state index in [4.69, 9.17) is 4.74 Å². The average molecular weight is 498 g/mol. The molecule has 13 nitrogen and oxygen atoms in total. The van der Waals surface area contributed by atoms with Gasteiger partial charge < -0.3 is 15.2 Å². The zero-order chi connectivity index (χ0) is 24.2. The molecule has 33 heavy (non-hydrogen) atoms. The van der Waals surface area contributed by atoms with Crippen LogP contribution in [0.15, 0.2) is 35.7 Å². The Morgan fingerprint density at radius 2 is 1.94 bits per heavy atom. The van der Waals surface area contributed by atoms with Crippen molar-refractivity contribution in [2.75, 3.05) is 24.7 Å². The van der Waals surface area contributed by atoms with E-state index in [1.54, 1.807) is 24.3 Å². The predicted molar refractivity (Wildman–Crippen MR) is 115 cm³/mol. The molecule has 0 radical (unpaired) electrons. The third kappa shape index (κ3) is 5.95. The number of carbonyl (C=O) groups excluding carboxylic acids is 3. The Bertz CT molecular complexity index is 1170. The lowest BCUT2D eigenvalue weighted by Crippen LogP contribution is -2.46. The molecule has 1 aromatic carbocycles. The van der Waals surface area contributed by atoms with Crippen LogP contribution in [0, 0.1) is 0 Å². The molecular formula is C18H19N5O8S2. The van der Waals surface area contributed by atoms with Gasteiger partial charge in [0.05, 0.1) is 25.0 Å². The van der Waals surface area contributed by atoms with Crippen molar-refractivity contribution in [3.05, 3.63) is 47.0 Å². The molecule has 1 aromatic heterocycles. The monoisotopic (exact) mass is 497 g/mol. The number of carboxylic acids is 1. The lowest BCUT2D eigenvalue weighted by Gasteiger charge is -2.19. The van der Waals surface area contributed by atoms with E-state index in [2.05, 4.69) is 15.6 Å². The number of nitrogens with zero attached hydrogens (tertiary/aromatic N) is 3. The van der Waals surface area contributed by atoms with Crippen molar-refractivity contribution in [3.8, 4) is 0 Å². The Hall–Kier alpha value is -3.72. The van der Waals surface area contributed by atoms with Crippen molar-refractivity contribution in [2.45, 2.75) is 12.6 Å². The van der Waals surface area contributed by atoms with Crippen molar-refractivity contribution in [3.63, 3.8) is 0 Å². The third-order valence-corrected chi connectivity index (χ3v) is 6.29. The number of anilines is 1. The van der Waals surface area contributed by atoms with Crippen LogP contribution >= 0.6 is 11.3 Å². The fourth-order valence-electron chi connectivity index (χ4n) is 2.80. The van der Waals surface area contributed by atoms with Gasteiger partial charge in [0.25, 0.3) is 0 Å². The molecule has 1 aliphatic rings. The molecule has 1 unspecified atom stereocenters. The number of aliphatic carboxylic acids is 1. The second-order valence-electron chi connectivity index (χ2n) is 6.75. The largest absolute Gasteiger partial charge is 0.479 e. The van der Waals surface area contributed by atoms with Crippen molar-refractivity contribution >= 4 is 50.6 Å². The first-order valence-corrected chi connectivity index (χ1v) is 12.0. The lowest BCUT2D eigenvalue weighted by molar-refractivity contribution is -0.139. The van der Waals surface area contributed by atoms with Gasteiger partial charge in [-0.15, -0.1) is 11.3 Å². The van der Waals surface area contributed by atoms with E-state index < -0.39 is 40.2 Å². The fraction of sp³-hybridized carbons (Fsp3) is 0.278.